The van der Waals surface area contributed by atoms with E-state index in [4.69, 9.17) is 0 Å². The molecule has 1 fully saturated rings. The van der Waals surface area contributed by atoms with Crippen LogP contribution in [0.5, 0.6) is 0 Å². The Bertz CT molecular complexity index is 454. The average molecular weight is 280 g/mol. The maximum Gasteiger partial charge on any atom is 0.0426 e. The maximum atomic E-state index is 11.4. The van der Waals surface area contributed by atoms with Crippen molar-refractivity contribution in [3.05, 3.63) is 28.6 Å². The third-order valence-corrected chi connectivity index (χ3v) is 5.27. The zero-order valence-electron chi connectivity index (χ0n) is 12.3. The highest BCUT2D eigenvalue weighted by atomic mass is 32.2. The Morgan fingerprint density at radius 3 is 2.53 bits per heavy atom. The van der Waals surface area contributed by atoms with Crippen LogP contribution >= 0.6 is 0 Å². The highest BCUT2D eigenvalue weighted by Gasteiger charge is 2.21. The Kier molecular flexibility index (Phi) is 4.74. The second-order valence-corrected chi connectivity index (χ2v) is 7.29. The highest BCUT2D eigenvalue weighted by Crippen LogP contribution is 2.23. The van der Waals surface area contributed by atoms with Gasteiger partial charge in [-0.05, 0) is 57.7 Å². The molecule has 2 rings (SSSR count). The van der Waals surface area contributed by atoms with Crippen molar-refractivity contribution >= 4 is 10.8 Å². The Labute approximate surface area is 118 Å². The van der Waals surface area contributed by atoms with Crippen LogP contribution in [0.1, 0.15) is 48.3 Å². The van der Waals surface area contributed by atoms with Crippen LogP contribution in [-0.4, -0.2) is 26.7 Å². The van der Waals surface area contributed by atoms with Crippen molar-refractivity contribution in [2.24, 2.45) is 0 Å². The predicted molar refractivity (Wildman–Crippen MR) is 80.9 cm³/mol. The van der Waals surface area contributed by atoms with Crippen LogP contribution in [0.25, 0.3) is 0 Å². The summed E-state index contributed by atoms with van der Waals surface area (Å²) in [6.07, 6.45) is 2.04. The molecule has 4 heteroatoms. The molecule has 19 heavy (non-hydrogen) atoms. The molecule has 3 nitrogen and oxygen atoms in total. The first-order valence-corrected chi connectivity index (χ1v) is 8.52. The molecule has 1 N–H and O–H groups in total. The van der Waals surface area contributed by atoms with Gasteiger partial charge in [-0.15, -0.1) is 0 Å². The van der Waals surface area contributed by atoms with Crippen LogP contribution in [-0.2, 0) is 10.8 Å². The summed E-state index contributed by atoms with van der Waals surface area (Å²) in [6, 6.07) is 2.95. The summed E-state index contributed by atoms with van der Waals surface area (Å²) < 4.78 is 11.4. The standard InChI is InChI=1S/C15H24N2OS/c1-10-9-11(2)16-12(3)15(10)13(4)17-14-5-7-19(18)8-6-14/h9,13-14,17H,5-8H2,1-4H3. The van der Waals surface area contributed by atoms with Crippen molar-refractivity contribution in [3.63, 3.8) is 0 Å². The van der Waals surface area contributed by atoms with Crippen molar-refractivity contribution in [3.8, 4) is 0 Å². The molecule has 0 radical (unpaired) electrons. The minimum Gasteiger partial charge on any atom is -0.307 e. The van der Waals surface area contributed by atoms with Crippen LogP contribution in [0.3, 0.4) is 0 Å². The molecule has 0 aliphatic carbocycles. The van der Waals surface area contributed by atoms with E-state index < -0.39 is 10.8 Å². The Morgan fingerprint density at radius 2 is 1.95 bits per heavy atom. The first kappa shape index (κ1) is 14.7. The Hall–Kier alpha value is -0.740. The lowest BCUT2D eigenvalue weighted by Crippen LogP contribution is -2.37. The number of aryl methyl sites for hydroxylation is 3. The van der Waals surface area contributed by atoms with Crippen LogP contribution in [0, 0.1) is 20.8 Å². The fraction of sp³-hybridized carbons (Fsp3) is 0.667. The average Bonchev–Trinajstić information content (AvgIpc) is 2.30. The number of pyridine rings is 1. The topological polar surface area (TPSA) is 42.0 Å². The van der Waals surface area contributed by atoms with Gasteiger partial charge in [0.25, 0.3) is 0 Å². The quantitative estimate of drug-likeness (QED) is 0.925. The summed E-state index contributed by atoms with van der Waals surface area (Å²) in [7, 11) is -0.584. The lowest BCUT2D eigenvalue weighted by molar-refractivity contribution is 0.424. The largest absolute Gasteiger partial charge is 0.307 e. The molecule has 1 unspecified atom stereocenters. The predicted octanol–water partition coefficient (Wildman–Crippen LogP) is 2.57. The molecule has 0 amide bonds. The zero-order chi connectivity index (χ0) is 14.0. The molecule has 1 aromatic rings. The molecule has 0 bridgehead atoms. The van der Waals surface area contributed by atoms with E-state index in [2.05, 4.69) is 37.1 Å². The lowest BCUT2D eigenvalue weighted by Gasteiger charge is -2.28. The van der Waals surface area contributed by atoms with Gasteiger partial charge in [0.2, 0.25) is 0 Å². The molecule has 1 atom stereocenters. The summed E-state index contributed by atoms with van der Waals surface area (Å²) in [4.78, 5) is 4.57. The molecule has 0 saturated carbocycles. The van der Waals surface area contributed by atoms with Gasteiger partial charge < -0.3 is 5.32 Å². The van der Waals surface area contributed by atoms with Gasteiger partial charge in [0.15, 0.2) is 0 Å². The number of hydrogen-bond donors (Lipinski definition) is 1. The summed E-state index contributed by atoms with van der Waals surface area (Å²) in [6.45, 7) is 8.49. The smallest absolute Gasteiger partial charge is 0.0426 e. The van der Waals surface area contributed by atoms with Gasteiger partial charge in [-0.2, -0.15) is 0 Å². The molecular weight excluding hydrogens is 256 g/mol. The van der Waals surface area contributed by atoms with Gasteiger partial charge in [-0.3, -0.25) is 9.19 Å². The summed E-state index contributed by atoms with van der Waals surface area (Å²) in [5.41, 5.74) is 4.83. The molecule has 0 spiro atoms. The van der Waals surface area contributed by atoms with Gasteiger partial charge >= 0.3 is 0 Å². The van der Waals surface area contributed by atoms with Crippen molar-refractivity contribution in [1.82, 2.24) is 10.3 Å². The van der Waals surface area contributed by atoms with Crippen LogP contribution in [0.4, 0.5) is 0 Å². The number of aromatic nitrogens is 1. The molecule has 1 aliphatic rings. The number of rotatable bonds is 3. The molecule has 0 aromatic carbocycles. The molecule has 2 heterocycles. The lowest BCUT2D eigenvalue weighted by atomic mass is 9.99. The first-order valence-electron chi connectivity index (χ1n) is 7.03. The fourth-order valence-corrected chi connectivity index (χ4v) is 4.38. The van der Waals surface area contributed by atoms with Crippen molar-refractivity contribution in [2.45, 2.75) is 52.6 Å². The van der Waals surface area contributed by atoms with Crippen molar-refractivity contribution < 1.29 is 4.21 Å². The van der Waals surface area contributed by atoms with Gasteiger partial charge in [0.05, 0.1) is 0 Å². The second-order valence-electron chi connectivity index (χ2n) is 5.59. The molecule has 1 aromatic heterocycles. The minimum atomic E-state index is -0.584. The Balaban J connectivity index is 2.08. The van der Waals surface area contributed by atoms with E-state index in [0.29, 0.717) is 12.1 Å². The van der Waals surface area contributed by atoms with Crippen LogP contribution < -0.4 is 5.32 Å². The van der Waals surface area contributed by atoms with E-state index >= 15 is 0 Å². The highest BCUT2D eigenvalue weighted by molar-refractivity contribution is 7.85. The Morgan fingerprint density at radius 1 is 1.32 bits per heavy atom. The van der Waals surface area contributed by atoms with Crippen molar-refractivity contribution in [1.29, 1.82) is 0 Å². The summed E-state index contributed by atoms with van der Waals surface area (Å²) >= 11 is 0. The normalized spacial score (nSPS) is 25.3. The summed E-state index contributed by atoms with van der Waals surface area (Å²) in [5.74, 6) is 1.68. The molecule has 106 valence electrons. The monoisotopic (exact) mass is 280 g/mol. The van der Waals surface area contributed by atoms with E-state index in [1.165, 1.54) is 11.1 Å². The molecular formula is C15H24N2OS. The molecule has 1 aliphatic heterocycles. The van der Waals surface area contributed by atoms with E-state index in [-0.39, 0.29) is 0 Å². The SMILES string of the molecule is Cc1cc(C)c(C(C)NC2CCS(=O)CC2)c(C)n1. The third kappa shape index (κ3) is 3.63. The van der Waals surface area contributed by atoms with Gasteiger partial charge in [0.1, 0.15) is 0 Å². The maximum absolute atomic E-state index is 11.4. The van der Waals surface area contributed by atoms with Gasteiger partial charge in [-0.1, -0.05) is 0 Å². The second kappa shape index (κ2) is 6.14. The number of hydrogen-bond acceptors (Lipinski definition) is 3. The number of nitrogens with one attached hydrogen (secondary N) is 1. The van der Waals surface area contributed by atoms with Gasteiger partial charge in [0, 0.05) is 45.8 Å². The van der Waals surface area contributed by atoms with Crippen LogP contribution in [0.2, 0.25) is 0 Å². The zero-order valence-corrected chi connectivity index (χ0v) is 13.1. The minimum absolute atomic E-state index is 0.310. The van der Waals surface area contributed by atoms with E-state index in [1.54, 1.807) is 0 Å². The fourth-order valence-electron chi connectivity index (χ4n) is 3.09. The van der Waals surface area contributed by atoms with Crippen LogP contribution in [0.15, 0.2) is 6.07 Å². The summed E-state index contributed by atoms with van der Waals surface area (Å²) in [5, 5.41) is 3.68. The van der Waals surface area contributed by atoms with E-state index in [0.717, 1.165) is 35.7 Å². The third-order valence-electron chi connectivity index (χ3n) is 3.89. The van der Waals surface area contributed by atoms with E-state index in [1.807, 2.05) is 6.92 Å². The first-order chi connectivity index (χ1) is 8.97. The number of nitrogens with zero attached hydrogens (tertiary/aromatic N) is 1. The van der Waals surface area contributed by atoms with Crippen molar-refractivity contribution in [2.75, 3.05) is 11.5 Å². The molecule has 1 saturated heterocycles. The van der Waals surface area contributed by atoms with E-state index in [9.17, 15) is 4.21 Å². The van der Waals surface area contributed by atoms with Gasteiger partial charge in [-0.25, -0.2) is 0 Å².